The predicted molar refractivity (Wildman–Crippen MR) is 103 cm³/mol. The van der Waals surface area contributed by atoms with Crippen LogP contribution in [0.1, 0.15) is 33.8 Å². The summed E-state index contributed by atoms with van der Waals surface area (Å²) in [4.78, 5) is 27.0. The quantitative estimate of drug-likeness (QED) is 0.642. The Morgan fingerprint density at radius 3 is 1.43 bits per heavy atom. The van der Waals surface area contributed by atoms with E-state index in [9.17, 15) is 26.4 Å². The number of aryl methyl sites for hydroxylation is 2. The van der Waals surface area contributed by atoms with Crippen LogP contribution in [0.15, 0.2) is 33.1 Å². The van der Waals surface area contributed by atoms with Gasteiger partial charge in [0.05, 0.1) is 0 Å². The summed E-state index contributed by atoms with van der Waals surface area (Å²) in [6.45, 7) is 2.97. The minimum Gasteiger partial charge on any atom is -0.463 e. The van der Waals surface area contributed by atoms with Crippen LogP contribution < -0.4 is 0 Å². The van der Waals surface area contributed by atoms with Crippen LogP contribution in [0.25, 0.3) is 0 Å². The van der Waals surface area contributed by atoms with Gasteiger partial charge >= 0.3 is 0 Å². The van der Waals surface area contributed by atoms with Gasteiger partial charge in [-0.05, 0) is 38.1 Å². The number of carbonyl (C=O) groups is 2. The van der Waals surface area contributed by atoms with Crippen molar-refractivity contribution >= 4 is 31.5 Å². The zero-order valence-electron chi connectivity index (χ0n) is 16.3. The standard InChI is InChI=1S/C18H20N2O8S2/c1-11-3-5-13(27-11)17-19(15(21)9-29(17,23)24)7-8-20-16(22)10-30(25,26)18(20)14-6-4-12(2)28-14/h3-6,17-18H,7-10H2,1-2H3/t17-,18-/m0/s1. The maximum absolute atomic E-state index is 12.5. The molecule has 2 aliphatic heterocycles. The van der Waals surface area contributed by atoms with Crippen molar-refractivity contribution in [1.29, 1.82) is 0 Å². The fourth-order valence-corrected chi connectivity index (χ4v) is 7.37. The third-order valence-corrected chi connectivity index (χ3v) is 8.76. The Morgan fingerprint density at radius 1 is 0.767 bits per heavy atom. The zero-order chi connectivity index (χ0) is 21.8. The second kappa shape index (κ2) is 6.98. The summed E-state index contributed by atoms with van der Waals surface area (Å²) in [5.74, 6) is -1.41. The Labute approximate surface area is 173 Å². The Bertz CT molecular complexity index is 1130. The molecule has 2 aliphatic rings. The number of hydrogen-bond donors (Lipinski definition) is 0. The van der Waals surface area contributed by atoms with E-state index in [0.29, 0.717) is 11.5 Å². The summed E-state index contributed by atoms with van der Waals surface area (Å²) in [6, 6.07) is 6.17. The number of rotatable bonds is 5. The Kier molecular flexibility index (Phi) is 4.81. The van der Waals surface area contributed by atoms with E-state index in [0.717, 1.165) is 9.80 Å². The van der Waals surface area contributed by atoms with Crippen molar-refractivity contribution in [3.63, 3.8) is 0 Å². The van der Waals surface area contributed by atoms with Crippen molar-refractivity contribution in [2.24, 2.45) is 0 Å². The molecule has 4 rings (SSSR count). The monoisotopic (exact) mass is 456 g/mol. The first-order chi connectivity index (χ1) is 14.0. The Hall–Kier alpha value is -2.60. The Morgan fingerprint density at radius 2 is 1.13 bits per heavy atom. The molecule has 0 aliphatic carbocycles. The topological polar surface area (TPSA) is 135 Å². The summed E-state index contributed by atoms with van der Waals surface area (Å²) in [7, 11) is -7.65. The average Bonchev–Trinajstić information content (AvgIpc) is 3.32. The summed E-state index contributed by atoms with van der Waals surface area (Å²) in [6.07, 6.45) is 0. The summed E-state index contributed by atoms with van der Waals surface area (Å²) >= 11 is 0. The molecule has 2 fully saturated rings. The van der Waals surface area contributed by atoms with Gasteiger partial charge in [0, 0.05) is 13.1 Å². The zero-order valence-corrected chi connectivity index (χ0v) is 17.9. The molecule has 12 heteroatoms. The van der Waals surface area contributed by atoms with Crippen LogP contribution >= 0.6 is 0 Å². The molecule has 0 N–H and O–H groups in total. The van der Waals surface area contributed by atoms with Crippen molar-refractivity contribution in [2.45, 2.75) is 24.6 Å². The second-order valence-electron chi connectivity index (χ2n) is 7.39. The van der Waals surface area contributed by atoms with Gasteiger partial charge in [0.15, 0.2) is 30.4 Å². The lowest BCUT2D eigenvalue weighted by Gasteiger charge is -2.27. The van der Waals surface area contributed by atoms with E-state index in [2.05, 4.69) is 0 Å². The van der Waals surface area contributed by atoms with E-state index >= 15 is 0 Å². The molecule has 2 saturated heterocycles. The first-order valence-electron chi connectivity index (χ1n) is 9.14. The highest BCUT2D eigenvalue weighted by atomic mass is 32.2. The molecular weight excluding hydrogens is 436 g/mol. The van der Waals surface area contributed by atoms with Gasteiger partial charge in [0.25, 0.3) is 0 Å². The van der Waals surface area contributed by atoms with Gasteiger partial charge < -0.3 is 18.6 Å². The lowest BCUT2D eigenvalue weighted by Crippen LogP contribution is -2.39. The molecule has 0 unspecified atom stereocenters. The van der Waals surface area contributed by atoms with Gasteiger partial charge in [-0.25, -0.2) is 16.8 Å². The third kappa shape index (κ3) is 3.43. The summed E-state index contributed by atoms with van der Waals surface area (Å²) < 4.78 is 61.0. The molecule has 30 heavy (non-hydrogen) atoms. The van der Waals surface area contributed by atoms with Crippen LogP contribution in [-0.2, 0) is 29.3 Å². The minimum absolute atomic E-state index is 0.108. The van der Waals surface area contributed by atoms with E-state index < -0.39 is 53.7 Å². The van der Waals surface area contributed by atoms with Crippen LogP contribution in [-0.4, -0.2) is 63.0 Å². The summed E-state index contributed by atoms with van der Waals surface area (Å²) in [5, 5.41) is -2.62. The van der Waals surface area contributed by atoms with Gasteiger partial charge in [-0.3, -0.25) is 9.59 Å². The highest BCUT2D eigenvalue weighted by molar-refractivity contribution is 7.93. The number of sulfone groups is 2. The van der Waals surface area contributed by atoms with Crippen LogP contribution in [0, 0.1) is 13.8 Å². The molecule has 162 valence electrons. The van der Waals surface area contributed by atoms with Crippen LogP contribution in [0.2, 0.25) is 0 Å². The summed E-state index contributed by atoms with van der Waals surface area (Å²) in [5.41, 5.74) is 0. The predicted octanol–water partition coefficient (Wildman–Crippen LogP) is 0.701. The highest BCUT2D eigenvalue weighted by Gasteiger charge is 2.49. The van der Waals surface area contributed by atoms with E-state index in [1.165, 1.54) is 12.1 Å². The van der Waals surface area contributed by atoms with Gasteiger partial charge in [0.2, 0.25) is 11.8 Å². The molecule has 0 saturated carbocycles. The lowest BCUT2D eigenvalue weighted by molar-refractivity contribution is -0.132. The molecule has 2 atom stereocenters. The first-order valence-corrected chi connectivity index (χ1v) is 12.6. The smallest absolute Gasteiger partial charge is 0.239 e. The molecule has 10 nitrogen and oxygen atoms in total. The van der Waals surface area contributed by atoms with Gasteiger partial charge in [0.1, 0.15) is 34.5 Å². The molecule has 2 aromatic rings. The SMILES string of the molecule is Cc1ccc([C@H]2N(CCN3C(=O)CS(=O)(=O)[C@H]3c3ccc(C)o3)C(=O)CS2(=O)=O)o1. The number of amides is 2. The maximum Gasteiger partial charge on any atom is 0.239 e. The van der Waals surface area contributed by atoms with Gasteiger partial charge in [-0.2, -0.15) is 0 Å². The highest BCUT2D eigenvalue weighted by Crippen LogP contribution is 2.37. The van der Waals surface area contributed by atoms with Gasteiger partial charge in [-0.1, -0.05) is 0 Å². The average molecular weight is 456 g/mol. The van der Waals surface area contributed by atoms with Crippen molar-refractivity contribution in [1.82, 2.24) is 9.80 Å². The third-order valence-electron chi connectivity index (χ3n) is 5.13. The molecular formula is C18H20N2O8S2. The van der Waals surface area contributed by atoms with E-state index in [4.69, 9.17) is 8.83 Å². The molecule has 4 heterocycles. The lowest BCUT2D eigenvalue weighted by atomic mass is 10.3. The maximum atomic E-state index is 12.5. The molecule has 2 amide bonds. The number of hydrogen-bond acceptors (Lipinski definition) is 8. The largest absolute Gasteiger partial charge is 0.463 e. The van der Waals surface area contributed by atoms with Crippen LogP contribution in [0.4, 0.5) is 0 Å². The molecule has 0 aromatic carbocycles. The van der Waals surface area contributed by atoms with Crippen molar-refractivity contribution in [3.8, 4) is 0 Å². The molecule has 0 spiro atoms. The fraction of sp³-hybridized carbons (Fsp3) is 0.444. The van der Waals surface area contributed by atoms with Crippen molar-refractivity contribution < 1.29 is 35.3 Å². The first kappa shape index (κ1) is 20.7. The van der Waals surface area contributed by atoms with E-state index in [1.54, 1.807) is 26.0 Å². The molecule has 0 bridgehead atoms. The van der Waals surface area contributed by atoms with Crippen LogP contribution in [0.3, 0.4) is 0 Å². The Balaban J connectivity index is 1.62. The fourth-order valence-electron chi connectivity index (χ4n) is 3.85. The molecule has 0 radical (unpaired) electrons. The van der Waals surface area contributed by atoms with E-state index in [1.807, 2.05) is 0 Å². The van der Waals surface area contributed by atoms with E-state index in [-0.39, 0.29) is 24.6 Å². The van der Waals surface area contributed by atoms with Crippen molar-refractivity contribution in [2.75, 3.05) is 24.6 Å². The van der Waals surface area contributed by atoms with Gasteiger partial charge in [-0.15, -0.1) is 0 Å². The second-order valence-corrected chi connectivity index (χ2v) is 11.5. The normalized spacial score (nSPS) is 25.4. The van der Waals surface area contributed by atoms with Crippen molar-refractivity contribution in [3.05, 3.63) is 47.3 Å². The number of furan rings is 2. The van der Waals surface area contributed by atoms with Crippen LogP contribution in [0.5, 0.6) is 0 Å². The number of carbonyl (C=O) groups excluding carboxylic acids is 2. The minimum atomic E-state index is -3.83. The molecule has 2 aromatic heterocycles. The number of nitrogens with zero attached hydrogens (tertiary/aromatic N) is 2.